The Morgan fingerprint density at radius 1 is 0.973 bits per heavy atom. The lowest BCUT2D eigenvalue weighted by atomic mass is 9.74. The molecule has 0 saturated carbocycles. The van der Waals surface area contributed by atoms with Crippen molar-refractivity contribution < 1.29 is 9.53 Å². The van der Waals surface area contributed by atoms with E-state index in [1.807, 2.05) is 6.07 Å². The fourth-order valence-electron chi connectivity index (χ4n) is 5.97. The van der Waals surface area contributed by atoms with Gasteiger partial charge in [0.15, 0.2) is 5.78 Å². The van der Waals surface area contributed by atoms with E-state index in [1.165, 1.54) is 43.5 Å². The Morgan fingerprint density at radius 3 is 2.43 bits per heavy atom. The van der Waals surface area contributed by atoms with Gasteiger partial charge in [0.05, 0.1) is 24.9 Å². The Kier molecular flexibility index (Phi) is 8.08. The summed E-state index contributed by atoms with van der Waals surface area (Å²) in [6, 6.07) is 14.8. The standard InChI is InChI=1S/C31H42N4O2/c1-24-10-12-25(13-11-24)29-27(22-26-8-7-9-28(32-26)34-18-20-37-21-19-34)30(36)31(2,3)23-35(29)17-16-33-14-5-4-6-15-33/h7-13,22,29H,4-6,14-21,23H2,1-3H3. The summed E-state index contributed by atoms with van der Waals surface area (Å²) in [6.07, 6.45) is 5.99. The number of carbonyl (C=O) groups excluding carboxylic acids is 1. The van der Waals surface area contributed by atoms with Crippen molar-refractivity contribution in [1.82, 2.24) is 14.8 Å². The molecule has 37 heavy (non-hydrogen) atoms. The van der Waals surface area contributed by atoms with Crippen LogP contribution < -0.4 is 4.90 Å². The molecule has 0 radical (unpaired) electrons. The second kappa shape index (κ2) is 11.5. The molecule has 198 valence electrons. The normalized spacial score (nSPS) is 24.5. The number of aryl methyl sites for hydroxylation is 1. The second-order valence-corrected chi connectivity index (χ2v) is 11.5. The van der Waals surface area contributed by atoms with Crippen LogP contribution >= 0.6 is 0 Å². The third-order valence-electron chi connectivity index (χ3n) is 8.07. The molecule has 6 heteroatoms. The monoisotopic (exact) mass is 502 g/mol. The first-order valence-electron chi connectivity index (χ1n) is 14.0. The summed E-state index contributed by atoms with van der Waals surface area (Å²) < 4.78 is 5.52. The second-order valence-electron chi connectivity index (χ2n) is 11.5. The van der Waals surface area contributed by atoms with E-state index in [9.17, 15) is 4.79 Å². The maximum atomic E-state index is 14.0. The first kappa shape index (κ1) is 26.1. The molecule has 0 bridgehead atoms. The Bertz CT molecular complexity index is 1100. The van der Waals surface area contributed by atoms with Crippen molar-refractivity contribution in [3.05, 3.63) is 64.9 Å². The Hall–Kier alpha value is -2.54. The summed E-state index contributed by atoms with van der Waals surface area (Å²) in [5.74, 6) is 1.18. The number of morpholine rings is 1. The minimum atomic E-state index is -0.448. The third-order valence-corrected chi connectivity index (χ3v) is 8.07. The predicted octanol–water partition coefficient (Wildman–Crippen LogP) is 4.75. The summed E-state index contributed by atoms with van der Waals surface area (Å²) in [5, 5.41) is 0. The fraction of sp³-hybridized carbons (Fsp3) is 0.548. The van der Waals surface area contributed by atoms with Gasteiger partial charge in [-0.1, -0.05) is 56.2 Å². The van der Waals surface area contributed by atoms with Crippen LogP contribution in [-0.2, 0) is 9.53 Å². The number of Topliss-reactive ketones (excluding diaryl/α,β-unsaturated/α-hetero) is 1. The van der Waals surface area contributed by atoms with E-state index in [0.717, 1.165) is 63.0 Å². The Labute approximate surface area is 222 Å². The third kappa shape index (κ3) is 6.14. The van der Waals surface area contributed by atoms with Crippen molar-refractivity contribution in [2.24, 2.45) is 5.41 Å². The van der Waals surface area contributed by atoms with Crippen LogP contribution in [0.15, 0.2) is 48.0 Å². The predicted molar refractivity (Wildman–Crippen MR) is 150 cm³/mol. The molecule has 1 aromatic heterocycles. The fourth-order valence-corrected chi connectivity index (χ4v) is 5.97. The van der Waals surface area contributed by atoms with E-state index < -0.39 is 5.41 Å². The molecular formula is C31H42N4O2. The number of pyridine rings is 1. The van der Waals surface area contributed by atoms with E-state index >= 15 is 0 Å². The van der Waals surface area contributed by atoms with Gasteiger partial charge < -0.3 is 14.5 Å². The molecule has 0 amide bonds. The minimum Gasteiger partial charge on any atom is -0.378 e. The topological polar surface area (TPSA) is 48.9 Å². The number of anilines is 1. The van der Waals surface area contributed by atoms with Crippen LogP contribution in [0.2, 0.25) is 0 Å². The highest BCUT2D eigenvalue weighted by molar-refractivity contribution is 6.05. The van der Waals surface area contributed by atoms with Gasteiger partial charge in [0.1, 0.15) is 5.82 Å². The number of ether oxygens (including phenoxy) is 1. The largest absolute Gasteiger partial charge is 0.378 e. The first-order chi connectivity index (χ1) is 17.9. The first-order valence-corrected chi connectivity index (χ1v) is 14.0. The average molecular weight is 503 g/mol. The van der Waals surface area contributed by atoms with E-state index in [0.29, 0.717) is 0 Å². The van der Waals surface area contributed by atoms with Gasteiger partial charge in [-0.25, -0.2) is 4.98 Å². The lowest BCUT2D eigenvalue weighted by Gasteiger charge is -2.45. The number of benzene rings is 1. The maximum Gasteiger partial charge on any atom is 0.167 e. The van der Waals surface area contributed by atoms with Crippen LogP contribution in [-0.4, -0.2) is 79.6 Å². The highest BCUT2D eigenvalue weighted by Crippen LogP contribution is 2.41. The Morgan fingerprint density at radius 2 is 1.70 bits per heavy atom. The lowest BCUT2D eigenvalue weighted by Crippen LogP contribution is -2.51. The zero-order chi connectivity index (χ0) is 25.8. The SMILES string of the molecule is Cc1ccc(C2C(=Cc3cccc(N4CCOCC4)n3)C(=O)C(C)(C)CN2CCN2CCCCC2)cc1. The van der Waals surface area contributed by atoms with Crippen LogP contribution in [0.25, 0.3) is 6.08 Å². The molecule has 3 saturated heterocycles. The number of aromatic nitrogens is 1. The van der Waals surface area contributed by atoms with Gasteiger partial charge >= 0.3 is 0 Å². The van der Waals surface area contributed by atoms with Crippen LogP contribution in [0.3, 0.4) is 0 Å². The van der Waals surface area contributed by atoms with Crippen molar-refractivity contribution in [2.75, 3.05) is 63.9 Å². The van der Waals surface area contributed by atoms with E-state index in [2.05, 4.69) is 77.9 Å². The maximum absolute atomic E-state index is 14.0. The van der Waals surface area contributed by atoms with Gasteiger partial charge in [-0.2, -0.15) is 0 Å². The summed E-state index contributed by atoms with van der Waals surface area (Å²) in [5.41, 5.74) is 3.67. The minimum absolute atomic E-state index is 0.0697. The zero-order valence-corrected chi connectivity index (χ0v) is 22.8. The number of rotatable bonds is 6. The quantitative estimate of drug-likeness (QED) is 0.532. The van der Waals surface area contributed by atoms with Crippen molar-refractivity contribution >= 4 is 17.7 Å². The smallest absolute Gasteiger partial charge is 0.167 e. The molecule has 1 unspecified atom stereocenters. The molecular weight excluding hydrogens is 460 g/mol. The number of hydrogen-bond acceptors (Lipinski definition) is 6. The Balaban J connectivity index is 1.50. The molecule has 2 aromatic rings. The van der Waals surface area contributed by atoms with Gasteiger partial charge in [0.2, 0.25) is 0 Å². The molecule has 5 rings (SSSR count). The molecule has 6 nitrogen and oxygen atoms in total. The molecule has 0 N–H and O–H groups in total. The average Bonchev–Trinajstić information content (AvgIpc) is 2.92. The van der Waals surface area contributed by atoms with Crippen molar-refractivity contribution in [1.29, 1.82) is 0 Å². The number of likely N-dealkylation sites (tertiary alicyclic amines) is 2. The molecule has 3 aliphatic rings. The van der Waals surface area contributed by atoms with Gasteiger partial charge in [-0.05, 0) is 56.6 Å². The lowest BCUT2D eigenvalue weighted by molar-refractivity contribution is -0.128. The number of nitrogens with zero attached hydrogens (tertiary/aromatic N) is 4. The molecule has 3 aliphatic heterocycles. The van der Waals surface area contributed by atoms with Gasteiger partial charge in [0, 0.05) is 43.7 Å². The molecule has 4 heterocycles. The van der Waals surface area contributed by atoms with Gasteiger partial charge in [0.25, 0.3) is 0 Å². The molecule has 1 atom stereocenters. The van der Waals surface area contributed by atoms with Gasteiger partial charge in [-0.15, -0.1) is 0 Å². The summed E-state index contributed by atoms with van der Waals surface area (Å²) in [7, 11) is 0. The van der Waals surface area contributed by atoms with Crippen molar-refractivity contribution in [3.63, 3.8) is 0 Å². The highest BCUT2D eigenvalue weighted by Gasteiger charge is 2.44. The van der Waals surface area contributed by atoms with E-state index in [4.69, 9.17) is 9.72 Å². The van der Waals surface area contributed by atoms with Crippen LogP contribution in [0, 0.1) is 12.3 Å². The highest BCUT2D eigenvalue weighted by atomic mass is 16.5. The zero-order valence-electron chi connectivity index (χ0n) is 22.8. The number of carbonyl (C=O) groups is 1. The summed E-state index contributed by atoms with van der Waals surface area (Å²) >= 11 is 0. The van der Waals surface area contributed by atoms with Crippen molar-refractivity contribution in [2.45, 2.75) is 46.1 Å². The van der Waals surface area contributed by atoms with E-state index in [1.54, 1.807) is 0 Å². The van der Waals surface area contributed by atoms with Crippen molar-refractivity contribution in [3.8, 4) is 0 Å². The van der Waals surface area contributed by atoms with Crippen LogP contribution in [0.1, 0.15) is 56.0 Å². The molecule has 0 aliphatic carbocycles. The summed E-state index contributed by atoms with van der Waals surface area (Å²) in [6.45, 7) is 14.6. The van der Waals surface area contributed by atoms with E-state index in [-0.39, 0.29) is 11.8 Å². The van der Waals surface area contributed by atoms with Gasteiger partial charge in [-0.3, -0.25) is 9.69 Å². The van der Waals surface area contributed by atoms with Crippen LogP contribution in [0.4, 0.5) is 5.82 Å². The number of hydrogen-bond donors (Lipinski definition) is 0. The summed E-state index contributed by atoms with van der Waals surface area (Å²) in [4.78, 5) is 26.4. The number of piperidine rings is 2. The van der Waals surface area contributed by atoms with Crippen LogP contribution in [0.5, 0.6) is 0 Å². The molecule has 1 aromatic carbocycles. The number of ketones is 1. The molecule has 0 spiro atoms. The molecule has 3 fully saturated rings.